The Morgan fingerprint density at radius 3 is 2.43 bits per heavy atom. The van der Waals surface area contributed by atoms with Gasteiger partial charge in [-0.25, -0.2) is 0 Å². The van der Waals surface area contributed by atoms with Crippen LogP contribution in [0.1, 0.15) is 12.8 Å². The Balaban J connectivity index is 2.04. The Hall–Kier alpha value is -1.36. The van der Waals surface area contributed by atoms with Crippen molar-refractivity contribution in [2.45, 2.75) is 18.9 Å². The summed E-state index contributed by atoms with van der Waals surface area (Å²) in [4.78, 5) is 21.9. The van der Waals surface area contributed by atoms with Crippen molar-refractivity contribution >= 4 is 11.4 Å². The normalized spacial score (nSPS) is 18.6. The minimum Gasteiger partial charge on any atom is -0.394 e. The van der Waals surface area contributed by atoms with Gasteiger partial charge in [0, 0.05) is 19.3 Å². The van der Waals surface area contributed by atoms with E-state index in [1.807, 2.05) is 0 Å². The molecule has 1 aromatic carbocycles. The van der Waals surface area contributed by atoms with E-state index >= 15 is 0 Å². The molecule has 5 heteroatoms. The summed E-state index contributed by atoms with van der Waals surface area (Å²) in [7, 11) is 0. The number of hydrogen-bond acceptors (Lipinski definition) is 5. The average Bonchev–Trinajstić information content (AvgIpc) is 2.26. The second kappa shape index (κ2) is 3.42. The smallest absolute Gasteiger partial charge is 0.253 e. The fourth-order valence-electron chi connectivity index (χ4n) is 1.60. The van der Waals surface area contributed by atoms with E-state index in [1.165, 1.54) is 0 Å². The highest BCUT2D eigenvalue weighted by molar-refractivity contribution is 5.71. The van der Waals surface area contributed by atoms with Crippen molar-refractivity contribution in [2.75, 3.05) is 24.3 Å². The number of rotatable bonds is 2. The SMILES string of the molecule is Nc1c(NC2CCOCC2)c(=O)c1=O. The summed E-state index contributed by atoms with van der Waals surface area (Å²) in [5.74, 6) is 0. The summed E-state index contributed by atoms with van der Waals surface area (Å²) in [6.45, 7) is 1.37. The number of hydrogen-bond donors (Lipinski definition) is 2. The maximum atomic E-state index is 11.1. The number of ether oxygens (including phenoxy) is 1. The first-order chi connectivity index (χ1) is 6.70. The van der Waals surface area contributed by atoms with E-state index in [4.69, 9.17) is 10.5 Å². The van der Waals surface area contributed by atoms with Crippen molar-refractivity contribution in [3.05, 3.63) is 20.4 Å². The zero-order valence-electron chi connectivity index (χ0n) is 7.71. The van der Waals surface area contributed by atoms with Crippen LogP contribution >= 0.6 is 0 Å². The molecule has 0 unspecified atom stereocenters. The second-order valence-corrected chi connectivity index (χ2v) is 3.48. The van der Waals surface area contributed by atoms with Gasteiger partial charge in [0.25, 0.3) is 10.9 Å². The van der Waals surface area contributed by atoms with Gasteiger partial charge in [-0.05, 0) is 12.8 Å². The Morgan fingerprint density at radius 2 is 1.86 bits per heavy atom. The third-order valence-corrected chi connectivity index (χ3v) is 2.52. The molecule has 1 fully saturated rings. The molecule has 0 aliphatic carbocycles. The van der Waals surface area contributed by atoms with Gasteiger partial charge in [0.15, 0.2) is 0 Å². The first-order valence-corrected chi connectivity index (χ1v) is 4.63. The summed E-state index contributed by atoms with van der Waals surface area (Å²) in [6, 6.07) is 0.203. The molecule has 1 aliphatic heterocycles. The third-order valence-electron chi connectivity index (χ3n) is 2.52. The van der Waals surface area contributed by atoms with Crippen molar-refractivity contribution < 1.29 is 4.74 Å². The minimum absolute atomic E-state index is 0.0708. The maximum Gasteiger partial charge on any atom is 0.253 e. The highest BCUT2D eigenvalue weighted by atomic mass is 16.5. The lowest BCUT2D eigenvalue weighted by atomic mass is 10.1. The van der Waals surface area contributed by atoms with Gasteiger partial charge in [-0.15, -0.1) is 0 Å². The van der Waals surface area contributed by atoms with Crippen LogP contribution in [0.15, 0.2) is 9.59 Å². The van der Waals surface area contributed by atoms with Gasteiger partial charge in [0.05, 0.1) is 0 Å². The molecular weight excluding hydrogens is 184 g/mol. The van der Waals surface area contributed by atoms with Gasteiger partial charge in [-0.3, -0.25) is 9.59 Å². The van der Waals surface area contributed by atoms with Gasteiger partial charge in [0.2, 0.25) is 0 Å². The highest BCUT2D eigenvalue weighted by Crippen LogP contribution is 2.16. The van der Waals surface area contributed by atoms with Crippen LogP contribution in [0.4, 0.5) is 11.4 Å². The van der Waals surface area contributed by atoms with Crippen LogP contribution in [0.25, 0.3) is 0 Å². The zero-order chi connectivity index (χ0) is 10.1. The van der Waals surface area contributed by atoms with Gasteiger partial charge in [0.1, 0.15) is 11.4 Å². The van der Waals surface area contributed by atoms with Crippen molar-refractivity contribution in [2.24, 2.45) is 0 Å². The van der Waals surface area contributed by atoms with Crippen LogP contribution in [0, 0.1) is 0 Å². The van der Waals surface area contributed by atoms with Crippen LogP contribution in [0.5, 0.6) is 0 Å². The molecule has 0 aromatic heterocycles. The molecule has 0 bridgehead atoms. The lowest BCUT2D eigenvalue weighted by Gasteiger charge is -2.24. The van der Waals surface area contributed by atoms with Gasteiger partial charge < -0.3 is 15.8 Å². The van der Waals surface area contributed by atoms with Gasteiger partial charge >= 0.3 is 0 Å². The van der Waals surface area contributed by atoms with E-state index in [0.29, 0.717) is 18.9 Å². The first kappa shape index (κ1) is 9.21. The standard InChI is InChI=1S/C9H12N2O3/c10-6-7(9(13)8(6)12)11-5-1-3-14-4-2-5/h5,11H,1-4,10H2. The highest BCUT2D eigenvalue weighted by Gasteiger charge is 2.22. The second-order valence-electron chi connectivity index (χ2n) is 3.48. The van der Waals surface area contributed by atoms with Crippen LogP contribution in [0.2, 0.25) is 0 Å². The third kappa shape index (κ3) is 1.39. The van der Waals surface area contributed by atoms with E-state index in [9.17, 15) is 9.59 Å². The fourth-order valence-corrected chi connectivity index (χ4v) is 1.60. The molecule has 0 saturated carbocycles. The van der Waals surface area contributed by atoms with E-state index in [-0.39, 0.29) is 11.7 Å². The average molecular weight is 196 g/mol. The topological polar surface area (TPSA) is 81.4 Å². The molecule has 3 N–H and O–H groups in total. The molecule has 1 heterocycles. The number of nitrogens with two attached hydrogens (primary N) is 1. The van der Waals surface area contributed by atoms with Crippen molar-refractivity contribution in [3.63, 3.8) is 0 Å². The van der Waals surface area contributed by atoms with Gasteiger partial charge in [-0.1, -0.05) is 0 Å². The van der Waals surface area contributed by atoms with Crippen LogP contribution in [0.3, 0.4) is 0 Å². The van der Waals surface area contributed by atoms with E-state index < -0.39 is 10.9 Å². The zero-order valence-corrected chi connectivity index (χ0v) is 7.71. The molecule has 1 saturated heterocycles. The molecule has 2 rings (SSSR count). The fraction of sp³-hybridized carbons (Fsp3) is 0.556. The molecule has 0 amide bonds. The van der Waals surface area contributed by atoms with Crippen LogP contribution in [-0.2, 0) is 4.74 Å². The van der Waals surface area contributed by atoms with E-state index in [0.717, 1.165) is 12.8 Å². The quantitative estimate of drug-likeness (QED) is 0.620. The molecule has 76 valence electrons. The van der Waals surface area contributed by atoms with Crippen molar-refractivity contribution in [3.8, 4) is 0 Å². The lowest BCUT2D eigenvalue weighted by Crippen LogP contribution is -2.40. The molecule has 14 heavy (non-hydrogen) atoms. The van der Waals surface area contributed by atoms with E-state index in [2.05, 4.69) is 5.32 Å². The first-order valence-electron chi connectivity index (χ1n) is 4.63. The molecule has 0 spiro atoms. The predicted molar refractivity (Wildman–Crippen MR) is 53.2 cm³/mol. The van der Waals surface area contributed by atoms with Crippen molar-refractivity contribution in [1.29, 1.82) is 0 Å². The molecule has 0 atom stereocenters. The molecule has 5 nitrogen and oxygen atoms in total. The summed E-state index contributed by atoms with van der Waals surface area (Å²) in [5, 5.41) is 2.99. The minimum atomic E-state index is -0.570. The largest absolute Gasteiger partial charge is 0.394 e. The van der Waals surface area contributed by atoms with Crippen molar-refractivity contribution in [1.82, 2.24) is 0 Å². The van der Waals surface area contributed by atoms with Crippen LogP contribution < -0.4 is 21.9 Å². The summed E-state index contributed by atoms with van der Waals surface area (Å²) >= 11 is 0. The monoisotopic (exact) mass is 196 g/mol. The predicted octanol–water partition coefficient (Wildman–Crippen LogP) is -0.544. The molecule has 0 radical (unpaired) electrons. The Bertz CT molecular complexity index is 400. The Morgan fingerprint density at radius 1 is 1.21 bits per heavy atom. The lowest BCUT2D eigenvalue weighted by molar-refractivity contribution is 0.0904. The number of nitrogen functional groups attached to an aromatic ring is 1. The van der Waals surface area contributed by atoms with Crippen LogP contribution in [-0.4, -0.2) is 19.3 Å². The summed E-state index contributed by atoms with van der Waals surface area (Å²) in [6.07, 6.45) is 1.69. The number of anilines is 2. The maximum absolute atomic E-state index is 11.1. The molecular formula is C9H12N2O3. The summed E-state index contributed by atoms with van der Waals surface area (Å²) < 4.78 is 5.17. The Kier molecular flexibility index (Phi) is 2.25. The molecule has 1 aliphatic rings. The summed E-state index contributed by atoms with van der Waals surface area (Å²) in [5.41, 5.74) is 4.69. The van der Waals surface area contributed by atoms with Gasteiger partial charge in [-0.2, -0.15) is 0 Å². The van der Waals surface area contributed by atoms with E-state index in [1.54, 1.807) is 0 Å². The Labute approximate surface area is 80.6 Å². The molecule has 1 aromatic rings. The number of nitrogens with one attached hydrogen (secondary N) is 1.